The average molecular weight is 130 g/mol. The maximum Gasteiger partial charge on any atom is 0.135 e. The predicted octanol–water partition coefficient (Wildman–Crippen LogP) is -0.539. The molecule has 3 nitrogen and oxygen atoms in total. The second-order valence-corrected chi connectivity index (χ2v) is 2.42. The number of carbonyl (C=O) groups excluding carboxylic acids is 1. The lowest BCUT2D eigenvalue weighted by atomic mass is 9.94. The Bertz CT molecular complexity index is 121. The molecule has 52 valence electrons. The van der Waals surface area contributed by atoms with Crippen LogP contribution in [0.3, 0.4) is 0 Å². The van der Waals surface area contributed by atoms with E-state index in [0.29, 0.717) is 12.8 Å². The molecule has 0 saturated heterocycles. The second kappa shape index (κ2) is 2.45. The van der Waals surface area contributed by atoms with Gasteiger partial charge in [0.05, 0.1) is 12.2 Å². The summed E-state index contributed by atoms with van der Waals surface area (Å²) in [6.45, 7) is 0. The summed E-state index contributed by atoms with van der Waals surface area (Å²) in [7, 11) is 0. The SMILES string of the molecule is O=C1CC[C@@H](O)[C@H](O)C1. The summed E-state index contributed by atoms with van der Waals surface area (Å²) in [4.78, 5) is 10.5. The van der Waals surface area contributed by atoms with E-state index in [-0.39, 0.29) is 12.2 Å². The lowest BCUT2D eigenvalue weighted by Gasteiger charge is -2.21. The minimum Gasteiger partial charge on any atom is -0.390 e. The summed E-state index contributed by atoms with van der Waals surface area (Å²) >= 11 is 0. The first-order valence-electron chi connectivity index (χ1n) is 3.08. The molecule has 1 fully saturated rings. The fourth-order valence-corrected chi connectivity index (χ4v) is 0.973. The average Bonchev–Trinajstić information content (AvgIpc) is 1.80. The van der Waals surface area contributed by atoms with Crippen molar-refractivity contribution < 1.29 is 15.0 Å². The summed E-state index contributed by atoms with van der Waals surface area (Å²) in [6.07, 6.45) is -0.534. The van der Waals surface area contributed by atoms with E-state index in [2.05, 4.69) is 0 Å². The van der Waals surface area contributed by atoms with Crippen molar-refractivity contribution in [3.63, 3.8) is 0 Å². The van der Waals surface area contributed by atoms with Crippen LogP contribution < -0.4 is 0 Å². The zero-order chi connectivity index (χ0) is 6.85. The molecule has 0 amide bonds. The molecule has 0 spiro atoms. The first-order chi connectivity index (χ1) is 4.20. The van der Waals surface area contributed by atoms with E-state index in [9.17, 15) is 4.79 Å². The first kappa shape index (κ1) is 6.71. The van der Waals surface area contributed by atoms with Crippen LogP contribution in [0.5, 0.6) is 0 Å². The third-order valence-electron chi connectivity index (χ3n) is 1.60. The van der Waals surface area contributed by atoms with Crippen molar-refractivity contribution >= 4 is 5.78 Å². The van der Waals surface area contributed by atoms with Crippen molar-refractivity contribution in [2.24, 2.45) is 0 Å². The van der Waals surface area contributed by atoms with Crippen LogP contribution in [0.25, 0.3) is 0 Å². The Balaban J connectivity index is 2.44. The van der Waals surface area contributed by atoms with Gasteiger partial charge in [0.15, 0.2) is 0 Å². The second-order valence-electron chi connectivity index (χ2n) is 2.42. The smallest absolute Gasteiger partial charge is 0.135 e. The van der Waals surface area contributed by atoms with Gasteiger partial charge in [0.2, 0.25) is 0 Å². The molecule has 0 aromatic rings. The fourth-order valence-electron chi connectivity index (χ4n) is 0.973. The van der Waals surface area contributed by atoms with Crippen molar-refractivity contribution in [3.05, 3.63) is 0 Å². The fraction of sp³-hybridized carbons (Fsp3) is 0.833. The molecule has 0 aromatic carbocycles. The number of aliphatic hydroxyl groups excluding tert-OH is 2. The van der Waals surface area contributed by atoms with Gasteiger partial charge >= 0.3 is 0 Å². The monoisotopic (exact) mass is 130 g/mol. The molecule has 2 N–H and O–H groups in total. The van der Waals surface area contributed by atoms with Gasteiger partial charge in [0.1, 0.15) is 5.78 Å². The zero-order valence-corrected chi connectivity index (χ0v) is 5.08. The van der Waals surface area contributed by atoms with Crippen molar-refractivity contribution in [2.45, 2.75) is 31.5 Å². The molecule has 0 aromatic heterocycles. The quantitative estimate of drug-likeness (QED) is 0.463. The number of hydrogen-bond acceptors (Lipinski definition) is 3. The van der Waals surface area contributed by atoms with E-state index in [0.717, 1.165) is 0 Å². The Morgan fingerprint density at radius 1 is 1.33 bits per heavy atom. The van der Waals surface area contributed by atoms with Gasteiger partial charge in [-0.15, -0.1) is 0 Å². The third-order valence-corrected chi connectivity index (χ3v) is 1.60. The first-order valence-corrected chi connectivity index (χ1v) is 3.08. The van der Waals surface area contributed by atoms with Crippen LogP contribution in [0.15, 0.2) is 0 Å². The Morgan fingerprint density at radius 2 is 2.00 bits per heavy atom. The number of carbonyl (C=O) groups is 1. The molecule has 1 rings (SSSR count). The largest absolute Gasteiger partial charge is 0.390 e. The minimum absolute atomic E-state index is 0.0489. The van der Waals surface area contributed by atoms with Crippen molar-refractivity contribution in [1.29, 1.82) is 0 Å². The summed E-state index contributed by atoms with van der Waals surface area (Å²) in [5.74, 6) is 0.0489. The highest BCUT2D eigenvalue weighted by atomic mass is 16.3. The Hall–Kier alpha value is -0.410. The lowest BCUT2D eigenvalue weighted by Crippen LogP contribution is -2.33. The summed E-state index contributed by atoms with van der Waals surface area (Å²) < 4.78 is 0. The van der Waals surface area contributed by atoms with E-state index in [4.69, 9.17) is 10.2 Å². The molecular formula is C6H10O3. The lowest BCUT2D eigenvalue weighted by molar-refractivity contribution is -0.127. The maximum absolute atomic E-state index is 10.5. The molecule has 9 heavy (non-hydrogen) atoms. The third kappa shape index (κ3) is 1.50. The predicted molar refractivity (Wildman–Crippen MR) is 30.9 cm³/mol. The highest BCUT2D eigenvalue weighted by Gasteiger charge is 2.25. The number of aliphatic hydroxyl groups is 2. The van der Waals surface area contributed by atoms with Gasteiger partial charge in [-0.05, 0) is 6.42 Å². The Morgan fingerprint density at radius 3 is 2.44 bits per heavy atom. The molecule has 0 bridgehead atoms. The Kier molecular flexibility index (Phi) is 1.83. The standard InChI is InChI=1S/C6H10O3/c7-4-1-2-5(8)6(9)3-4/h5-6,8-9H,1-3H2/t5-,6-/m1/s1. The molecule has 2 atom stereocenters. The van der Waals surface area contributed by atoms with Crippen molar-refractivity contribution in [2.75, 3.05) is 0 Å². The zero-order valence-electron chi connectivity index (χ0n) is 5.08. The summed E-state index contributed by atoms with van der Waals surface area (Å²) in [6, 6.07) is 0. The Labute approximate surface area is 53.3 Å². The van der Waals surface area contributed by atoms with Gasteiger partial charge in [0.25, 0.3) is 0 Å². The number of rotatable bonds is 0. The highest BCUT2D eigenvalue weighted by Crippen LogP contribution is 2.14. The van der Waals surface area contributed by atoms with E-state index < -0.39 is 12.2 Å². The van der Waals surface area contributed by atoms with Crippen LogP contribution in [-0.2, 0) is 4.79 Å². The van der Waals surface area contributed by atoms with E-state index in [1.165, 1.54) is 0 Å². The maximum atomic E-state index is 10.5. The van der Waals surface area contributed by atoms with Crippen LogP contribution in [-0.4, -0.2) is 28.2 Å². The molecule has 1 aliphatic rings. The van der Waals surface area contributed by atoms with Gasteiger partial charge in [-0.25, -0.2) is 0 Å². The van der Waals surface area contributed by atoms with Crippen LogP contribution >= 0.6 is 0 Å². The molecule has 0 aliphatic heterocycles. The van der Waals surface area contributed by atoms with Crippen molar-refractivity contribution in [3.8, 4) is 0 Å². The van der Waals surface area contributed by atoms with E-state index in [1.54, 1.807) is 0 Å². The van der Waals surface area contributed by atoms with Gasteiger partial charge in [-0.3, -0.25) is 4.79 Å². The normalized spacial score (nSPS) is 36.9. The van der Waals surface area contributed by atoms with Crippen LogP contribution in [0, 0.1) is 0 Å². The van der Waals surface area contributed by atoms with Crippen LogP contribution in [0.4, 0.5) is 0 Å². The van der Waals surface area contributed by atoms with Gasteiger partial charge in [-0.1, -0.05) is 0 Å². The van der Waals surface area contributed by atoms with Gasteiger partial charge in [0, 0.05) is 12.8 Å². The molecule has 0 heterocycles. The molecule has 0 unspecified atom stereocenters. The number of hydrogen-bond donors (Lipinski definition) is 2. The topological polar surface area (TPSA) is 57.5 Å². The van der Waals surface area contributed by atoms with Crippen LogP contribution in [0.1, 0.15) is 19.3 Å². The molecule has 1 aliphatic carbocycles. The van der Waals surface area contributed by atoms with Crippen molar-refractivity contribution in [1.82, 2.24) is 0 Å². The van der Waals surface area contributed by atoms with E-state index >= 15 is 0 Å². The molecule has 0 radical (unpaired) electrons. The van der Waals surface area contributed by atoms with Gasteiger partial charge in [-0.2, -0.15) is 0 Å². The summed E-state index contributed by atoms with van der Waals surface area (Å²) in [5.41, 5.74) is 0. The number of Topliss-reactive ketones (excluding diaryl/α,β-unsaturated/α-hetero) is 1. The summed E-state index contributed by atoms with van der Waals surface area (Å²) in [5, 5.41) is 17.8. The van der Waals surface area contributed by atoms with E-state index in [1.807, 2.05) is 0 Å². The molecule has 1 saturated carbocycles. The molecule has 3 heteroatoms. The minimum atomic E-state index is -0.814. The van der Waals surface area contributed by atoms with Gasteiger partial charge < -0.3 is 10.2 Å². The molecular weight excluding hydrogens is 120 g/mol. The highest BCUT2D eigenvalue weighted by molar-refractivity contribution is 5.79. The number of ketones is 1. The van der Waals surface area contributed by atoms with Crippen LogP contribution in [0.2, 0.25) is 0 Å².